The Labute approximate surface area is 112 Å². The number of nitrogens with zero attached hydrogens (tertiary/aromatic N) is 2. The normalized spacial score (nSPS) is 18.9. The molecule has 2 heterocycles. The molecule has 0 aliphatic heterocycles. The number of hydrogen-bond donors (Lipinski definition) is 1. The van der Waals surface area contributed by atoms with Gasteiger partial charge in [0, 0.05) is 30.4 Å². The minimum absolute atomic E-state index is 0.699. The van der Waals surface area contributed by atoms with Crippen LogP contribution in [0.3, 0.4) is 0 Å². The smallest absolute Gasteiger partial charge is 0.193 e. The van der Waals surface area contributed by atoms with Gasteiger partial charge in [-0.25, -0.2) is 4.98 Å². The van der Waals surface area contributed by atoms with Crippen molar-refractivity contribution in [2.75, 3.05) is 0 Å². The molecule has 98 valence electrons. The van der Waals surface area contributed by atoms with Crippen LogP contribution < -0.4 is 5.32 Å². The molecule has 0 bridgehead atoms. The van der Waals surface area contributed by atoms with E-state index in [9.17, 15) is 0 Å². The third-order valence-electron chi connectivity index (χ3n) is 3.82. The zero-order valence-electron chi connectivity index (χ0n) is 10.8. The van der Waals surface area contributed by atoms with Gasteiger partial charge < -0.3 is 5.32 Å². The van der Waals surface area contributed by atoms with Gasteiger partial charge in [-0.15, -0.1) is 11.3 Å². The summed E-state index contributed by atoms with van der Waals surface area (Å²) in [6.07, 6.45) is 13.9. The number of imidazole rings is 1. The fourth-order valence-electron chi connectivity index (χ4n) is 2.77. The molecule has 0 radical (unpaired) electrons. The van der Waals surface area contributed by atoms with Crippen molar-refractivity contribution < 1.29 is 0 Å². The van der Waals surface area contributed by atoms with Gasteiger partial charge in [0.1, 0.15) is 0 Å². The highest BCUT2D eigenvalue weighted by molar-refractivity contribution is 7.15. The molecule has 1 N–H and O–H groups in total. The van der Waals surface area contributed by atoms with Gasteiger partial charge in [0.25, 0.3) is 0 Å². The summed E-state index contributed by atoms with van der Waals surface area (Å²) in [7, 11) is 0. The quantitative estimate of drug-likeness (QED) is 0.917. The van der Waals surface area contributed by atoms with E-state index in [-0.39, 0.29) is 0 Å². The van der Waals surface area contributed by atoms with Gasteiger partial charge in [-0.2, -0.15) is 0 Å². The van der Waals surface area contributed by atoms with Crippen LogP contribution >= 0.6 is 11.3 Å². The minimum Gasteiger partial charge on any atom is -0.308 e. The van der Waals surface area contributed by atoms with Crippen molar-refractivity contribution in [1.82, 2.24) is 14.7 Å². The molecular formula is C14H21N3S. The van der Waals surface area contributed by atoms with E-state index in [0.717, 1.165) is 11.5 Å². The average molecular weight is 263 g/mol. The molecule has 0 unspecified atom stereocenters. The largest absolute Gasteiger partial charge is 0.308 e. The van der Waals surface area contributed by atoms with Gasteiger partial charge in [0.15, 0.2) is 4.96 Å². The molecule has 1 saturated carbocycles. The first-order chi connectivity index (χ1) is 8.92. The lowest BCUT2D eigenvalue weighted by Crippen LogP contribution is -2.29. The van der Waals surface area contributed by atoms with Crippen LogP contribution in [0.25, 0.3) is 4.96 Å². The van der Waals surface area contributed by atoms with Crippen LogP contribution in [0, 0.1) is 0 Å². The lowest BCUT2D eigenvalue weighted by molar-refractivity contribution is 0.388. The second-order valence-electron chi connectivity index (χ2n) is 5.25. The summed E-state index contributed by atoms with van der Waals surface area (Å²) < 4.78 is 2.11. The van der Waals surface area contributed by atoms with Gasteiger partial charge in [-0.3, -0.25) is 4.40 Å². The van der Waals surface area contributed by atoms with E-state index in [1.165, 1.54) is 50.6 Å². The summed E-state index contributed by atoms with van der Waals surface area (Å²) in [6, 6.07) is 0.699. The monoisotopic (exact) mass is 263 g/mol. The van der Waals surface area contributed by atoms with E-state index >= 15 is 0 Å². The van der Waals surface area contributed by atoms with Crippen LogP contribution in [0.5, 0.6) is 0 Å². The number of hydrogen-bond acceptors (Lipinski definition) is 3. The van der Waals surface area contributed by atoms with Crippen molar-refractivity contribution in [2.45, 2.75) is 57.5 Å². The summed E-state index contributed by atoms with van der Waals surface area (Å²) >= 11 is 1.70. The van der Waals surface area contributed by atoms with Crippen molar-refractivity contribution in [3.05, 3.63) is 23.5 Å². The molecule has 3 nitrogen and oxygen atoms in total. The van der Waals surface area contributed by atoms with E-state index in [4.69, 9.17) is 0 Å². The summed E-state index contributed by atoms with van der Waals surface area (Å²) in [6.45, 7) is 0.916. The predicted octanol–water partition coefficient (Wildman–Crippen LogP) is 3.60. The second-order valence-corrected chi connectivity index (χ2v) is 6.12. The molecular weight excluding hydrogens is 242 g/mol. The van der Waals surface area contributed by atoms with E-state index in [1.807, 2.05) is 0 Å². The van der Waals surface area contributed by atoms with E-state index in [0.29, 0.717) is 6.04 Å². The average Bonchev–Trinajstić information content (AvgIpc) is 2.87. The molecule has 0 amide bonds. The van der Waals surface area contributed by atoms with E-state index in [1.54, 1.807) is 11.3 Å². The highest BCUT2D eigenvalue weighted by atomic mass is 32.1. The molecule has 0 atom stereocenters. The van der Waals surface area contributed by atoms with Crippen molar-refractivity contribution in [2.24, 2.45) is 0 Å². The zero-order chi connectivity index (χ0) is 12.2. The highest BCUT2D eigenvalue weighted by Gasteiger charge is 2.11. The Hall–Kier alpha value is -0.870. The van der Waals surface area contributed by atoms with Gasteiger partial charge >= 0.3 is 0 Å². The number of nitrogens with one attached hydrogen (secondary N) is 1. The second kappa shape index (κ2) is 5.85. The summed E-state index contributed by atoms with van der Waals surface area (Å²) in [5.41, 5.74) is 1.17. The Bertz CT molecular complexity index is 451. The molecule has 1 aliphatic carbocycles. The summed E-state index contributed by atoms with van der Waals surface area (Å²) in [5, 5.41) is 5.76. The van der Waals surface area contributed by atoms with Crippen LogP contribution in [0.4, 0.5) is 0 Å². The first-order valence-corrected chi connectivity index (χ1v) is 7.94. The van der Waals surface area contributed by atoms with Gasteiger partial charge in [0.2, 0.25) is 0 Å². The van der Waals surface area contributed by atoms with Gasteiger partial charge in [0.05, 0.1) is 5.69 Å². The van der Waals surface area contributed by atoms with Crippen molar-refractivity contribution in [3.63, 3.8) is 0 Å². The Morgan fingerprint density at radius 2 is 2.00 bits per heavy atom. The zero-order valence-corrected chi connectivity index (χ0v) is 11.6. The van der Waals surface area contributed by atoms with Gasteiger partial charge in [-0.1, -0.05) is 32.1 Å². The lowest BCUT2D eigenvalue weighted by atomic mass is 9.97. The van der Waals surface area contributed by atoms with Crippen LogP contribution in [-0.4, -0.2) is 15.4 Å². The summed E-state index contributed by atoms with van der Waals surface area (Å²) in [4.78, 5) is 5.72. The molecule has 4 heteroatoms. The van der Waals surface area contributed by atoms with Crippen LogP contribution in [0.2, 0.25) is 0 Å². The van der Waals surface area contributed by atoms with Gasteiger partial charge in [-0.05, 0) is 12.8 Å². The Balaban J connectivity index is 1.54. The number of rotatable bonds is 3. The molecule has 0 aromatic carbocycles. The Morgan fingerprint density at radius 1 is 1.22 bits per heavy atom. The van der Waals surface area contributed by atoms with Crippen molar-refractivity contribution >= 4 is 16.3 Å². The highest BCUT2D eigenvalue weighted by Crippen LogP contribution is 2.18. The topological polar surface area (TPSA) is 29.3 Å². The minimum atomic E-state index is 0.699. The summed E-state index contributed by atoms with van der Waals surface area (Å²) in [5.74, 6) is 0. The standard InChI is InChI=1S/C14H21N3S/c1-2-4-6-12(7-5-3-1)15-10-13-11-17-8-9-18-14(17)16-13/h8-9,11-12,15H,1-7,10H2. The van der Waals surface area contributed by atoms with Crippen LogP contribution in [-0.2, 0) is 6.54 Å². The maximum Gasteiger partial charge on any atom is 0.193 e. The number of thiazole rings is 1. The third-order valence-corrected chi connectivity index (χ3v) is 4.59. The molecule has 0 spiro atoms. The van der Waals surface area contributed by atoms with Crippen molar-refractivity contribution in [1.29, 1.82) is 0 Å². The molecule has 3 rings (SSSR count). The Kier molecular flexibility index (Phi) is 3.96. The molecule has 0 saturated heterocycles. The fourth-order valence-corrected chi connectivity index (χ4v) is 3.49. The lowest BCUT2D eigenvalue weighted by Gasteiger charge is -2.20. The maximum absolute atomic E-state index is 4.62. The number of aromatic nitrogens is 2. The van der Waals surface area contributed by atoms with Crippen LogP contribution in [0.1, 0.15) is 50.6 Å². The molecule has 1 fully saturated rings. The fraction of sp³-hybridized carbons (Fsp3) is 0.643. The third kappa shape index (κ3) is 2.93. The number of fused-ring (bicyclic) bond motifs is 1. The molecule has 18 heavy (non-hydrogen) atoms. The van der Waals surface area contributed by atoms with Crippen molar-refractivity contribution in [3.8, 4) is 0 Å². The maximum atomic E-state index is 4.62. The molecule has 2 aromatic rings. The Morgan fingerprint density at radius 3 is 2.78 bits per heavy atom. The van der Waals surface area contributed by atoms with E-state index < -0.39 is 0 Å². The first-order valence-electron chi connectivity index (χ1n) is 7.06. The van der Waals surface area contributed by atoms with E-state index in [2.05, 4.69) is 32.5 Å². The predicted molar refractivity (Wildman–Crippen MR) is 76.0 cm³/mol. The first kappa shape index (κ1) is 12.2. The van der Waals surface area contributed by atoms with Crippen LogP contribution in [0.15, 0.2) is 17.8 Å². The molecule has 1 aliphatic rings. The SMILES string of the molecule is c1cn2cc(CNC3CCCCCCC3)nc2s1. The molecule has 2 aromatic heterocycles.